The smallest absolute Gasteiger partial charge is 0.336 e. The Labute approximate surface area is 94.3 Å². The third-order valence-electron chi connectivity index (χ3n) is 2.80. The highest BCUT2D eigenvalue weighted by molar-refractivity contribution is 5.81. The molecule has 0 bridgehead atoms. The van der Waals surface area contributed by atoms with Gasteiger partial charge in [-0.3, -0.25) is 4.79 Å². The van der Waals surface area contributed by atoms with Crippen LogP contribution in [-0.2, 0) is 14.3 Å². The summed E-state index contributed by atoms with van der Waals surface area (Å²) in [6.45, 7) is 3.34. The first-order valence-corrected chi connectivity index (χ1v) is 5.30. The lowest BCUT2D eigenvalue weighted by Crippen LogP contribution is -2.41. The van der Waals surface area contributed by atoms with Crippen molar-refractivity contribution in [2.24, 2.45) is 11.8 Å². The number of rotatable bonds is 4. The third kappa shape index (κ3) is 3.18. The van der Waals surface area contributed by atoms with Crippen LogP contribution in [0.5, 0.6) is 0 Å². The van der Waals surface area contributed by atoms with Crippen molar-refractivity contribution in [2.75, 3.05) is 26.7 Å². The number of nitrogens with one attached hydrogen (secondary N) is 2. The summed E-state index contributed by atoms with van der Waals surface area (Å²) in [6, 6.07) is 0. The van der Waals surface area contributed by atoms with E-state index in [-0.39, 0.29) is 24.3 Å². The first kappa shape index (κ1) is 12.9. The number of amides is 1. The summed E-state index contributed by atoms with van der Waals surface area (Å²) in [6.07, 6.45) is -1.29. The van der Waals surface area contributed by atoms with Crippen LogP contribution in [0.1, 0.15) is 6.92 Å². The molecule has 1 aliphatic rings. The van der Waals surface area contributed by atoms with Gasteiger partial charge in [0.25, 0.3) is 0 Å². The minimum absolute atomic E-state index is 0.0927. The minimum Gasteiger partial charge on any atom is -0.467 e. The molecule has 1 saturated heterocycles. The SMILES string of the molecule is COC(=O)C(O)CNC(=O)C1CNCC1C. The van der Waals surface area contributed by atoms with Gasteiger partial charge in [0, 0.05) is 6.54 Å². The van der Waals surface area contributed by atoms with E-state index in [1.807, 2.05) is 6.92 Å². The van der Waals surface area contributed by atoms with E-state index in [1.165, 1.54) is 7.11 Å². The molecule has 6 nitrogen and oxygen atoms in total. The van der Waals surface area contributed by atoms with E-state index < -0.39 is 12.1 Å². The van der Waals surface area contributed by atoms with Crippen molar-refractivity contribution >= 4 is 11.9 Å². The van der Waals surface area contributed by atoms with Gasteiger partial charge >= 0.3 is 5.97 Å². The van der Waals surface area contributed by atoms with Crippen molar-refractivity contribution in [3.05, 3.63) is 0 Å². The molecule has 3 atom stereocenters. The standard InChI is InChI=1S/C10H18N2O4/c1-6-3-11-4-7(6)9(14)12-5-8(13)10(15)16-2/h6-8,11,13H,3-5H2,1-2H3,(H,12,14). The van der Waals surface area contributed by atoms with E-state index in [9.17, 15) is 14.7 Å². The first-order valence-electron chi connectivity index (χ1n) is 5.30. The largest absolute Gasteiger partial charge is 0.467 e. The number of hydrogen-bond acceptors (Lipinski definition) is 5. The zero-order valence-corrected chi connectivity index (χ0v) is 9.53. The number of carbonyl (C=O) groups excluding carboxylic acids is 2. The summed E-state index contributed by atoms with van der Waals surface area (Å²) >= 11 is 0. The van der Waals surface area contributed by atoms with Gasteiger partial charge in [-0.1, -0.05) is 6.92 Å². The number of esters is 1. The Balaban J connectivity index is 2.32. The van der Waals surface area contributed by atoms with Crippen molar-refractivity contribution in [1.29, 1.82) is 0 Å². The third-order valence-corrected chi connectivity index (χ3v) is 2.80. The lowest BCUT2D eigenvalue weighted by atomic mass is 9.97. The van der Waals surface area contributed by atoms with Crippen LogP contribution >= 0.6 is 0 Å². The summed E-state index contributed by atoms with van der Waals surface area (Å²) in [4.78, 5) is 22.5. The molecule has 0 aromatic rings. The first-order chi connectivity index (χ1) is 7.56. The predicted octanol–water partition coefficient (Wildman–Crippen LogP) is -1.51. The summed E-state index contributed by atoms with van der Waals surface area (Å²) in [5.41, 5.74) is 0. The second-order valence-corrected chi connectivity index (χ2v) is 4.03. The van der Waals surface area contributed by atoms with Crippen molar-refractivity contribution in [2.45, 2.75) is 13.0 Å². The average Bonchev–Trinajstić information content (AvgIpc) is 2.70. The molecule has 1 amide bonds. The highest BCUT2D eigenvalue weighted by Crippen LogP contribution is 2.15. The zero-order chi connectivity index (χ0) is 12.1. The van der Waals surface area contributed by atoms with Crippen LogP contribution in [-0.4, -0.2) is 49.8 Å². The van der Waals surface area contributed by atoms with Crippen LogP contribution in [0.25, 0.3) is 0 Å². The van der Waals surface area contributed by atoms with Gasteiger partial charge in [0.05, 0.1) is 19.6 Å². The Bertz CT molecular complexity index is 270. The Morgan fingerprint density at radius 2 is 2.25 bits per heavy atom. The zero-order valence-electron chi connectivity index (χ0n) is 9.53. The van der Waals surface area contributed by atoms with E-state index in [0.717, 1.165) is 6.54 Å². The Morgan fingerprint density at radius 3 is 2.75 bits per heavy atom. The molecule has 0 radical (unpaired) electrons. The van der Waals surface area contributed by atoms with Crippen LogP contribution in [0.3, 0.4) is 0 Å². The number of ether oxygens (including phenoxy) is 1. The monoisotopic (exact) mass is 230 g/mol. The number of aliphatic hydroxyl groups excluding tert-OH is 1. The maximum absolute atomic E-state index is 11.7. The highest BCUT2D eigenvalue weighted by Gasteiger charge is 2.30. The minimum atomic E-state index is -1.29. The van der Waals surface area contributed by atoms with E-state index in [1.54, 1.807) is 0 Å². The molecular weight excluding hydrogens is 212 g/mol. The molecule has 0 aromatic heterocycles. The van der Waals surface area contributed by atoms with E-state index >= 15 is 0 Å². The van der Waals surface area contributed by atoms with E-state index in [4.69, 9.17) is 0 Å². The lowest BCUT2D eigenvalue weighted by molar-refractivity contribution is -0.150. The molecule has 1 rings (SSSR count). The predicted molar refractivity (Wildman–Crippen MR) is 56.6 cm³/mol. The molecule has 3 N–H and O–H groups in total. The number of methoxy groups -OCH3 is 1. The summed E-state index contributed by atoms with van der Waals surface area (Å²) < 4.78 is 4.34. The molecule has 1 heterocycles. The molecule has 6 heteroatoms. The van der Waals surface area contributed by atoms with Gasteiger partial charge in [-0.2, -0.15) is 0 Å². The molecular formula is C10H18N2O4. The Morgan fingerprint density at radius 1 is 1.56 bits per heavy atom. The van der Waals surface area contributed by atoms with Crippen LogP contribution in [0.4, 0.5) is 0 Å². The number of carbonyl (C=O) groups is 2. The lowest BCUT2D eigenvalue weighted by Gasteiger charge is -2.15. The molecule has 92 valence electrons. The molecule has 1 aliphatic heterocycles. The van der Waals surface area contributed by atoms with Crippen molar-refractivity contribution in [3.8, 4) is 0 Å². The normalized spacial score (nSPS) is 26.2. The maximum atomic E-state index is 11.7. The molecule has 1 fully saturated rings. The fourth-order valence-electron chi connectivity index (χ4n) is 1.71. The van der Waals surface area contributed by atoms with Gasteiger partial charge in [-0.15, -0.1) is 0 Å². The van der Waals surface area contributed by atoms with Crippen LogP contribution in [0, 0.1) is 11.8 Å². The second kappa shape index (κ2) is 5.81. The highest BCUT2D eigenvalue weighted by atomic mass is 16.5. The number of hydrogen-bond donors (Lipinski definition) is 3. The van der Waals surface area contributed by atoms with Crippen molar-refractivity contribution < 1.29 is 19.4 Å². The Kier molecular flexibility index (Phi) is 4.70. The summed E-state index contributed by atoms with van der Waals surface area (Å²) in [7, 11) is 1.19. The van der Waals surface area contributed by atoms with Gasteiger partial charge in [0.15, 0.2) is 6.10 Å². The van der Waals surface area contributed by atoms with E-state index in [2.05, 4.69) is 15.4 Å². The molecule has 0 saturated carbocycles. The second-order valence-electron chi connectivity index (χ2n) is 4.03. The molecule has 0 spiro atoms. The van der Waals surface area contributed by atoms with Gasteiger partial charge < -0.3 is 20.5 Å². The molecule has 0 aliphatic carbocycles. The van der Waals surface area contributed by atoms with Gasteiger partial charge in [0.1, 0.15) is 0 Å². The molecule has 0 aromatic carbocycles. The molecule has 3 unspecified atom stereocenters. The van der Waals surface area contributed by atoms with Crippen LogP contribution < -0.4 is 10.6 Å². The van der Waals surface area contributed by atoms with Gasteiger partial charge in [0.2, 0.25) is 5.91 Å². The quantitative estimate of drug-likeness (QED) is 0.511. The fourth-order valence-corrected chi connectivity index (χ4v) is 1.71. The van der Waals surface area contributed by atoms with Gasteiger partial charge in [-0.05, 0) is 12.5 Å². The maximum Gasteiger partial charge on any atom is 0.336 e. The molecule has 16 heavy (non-hydrogen) atoms. The van der Waals surface area contributed by atoms with Gasteiger partial charge in [-0.25, -0.2) is 4.79 Å². The van der Waals surface area contributed by atoms with E-state index in [0.29, 0.717) is 6.54 Å². The summed E-state index contributed by atoms with van der Waals surface area (Å²) in [5, 5.41) is 14.9. The van der Waals surface area contributed by atoms with Crippen LogP contribution in [0.15, 0.2) is 0 Å². The Hall–Kier alpha value is -1.14. The average molecular weight is 230 g/mol. The fraction of sp³-hybridized carbons (Fsp3) is 0.800. The van der Waals surface area contributed by atoms with Crippen molar-refractivity contribution in [1.82, 2.24) is 10.6 Å². The van der Waals surface area contributed by atoms with Crippen molar-refractivity contribution in [3.63, 3.8) is 0 Å². The summed E-state index contributed by atoms with van der Waals surface area (Å²) in [5.74, 6) is -0.696. The van der Waals surface area contributed by atoms with Crippen LogP contribution in [0.2, 0.25) is 0 Å². The topological polar surface area (TPSA) is 87.7 Å². The number of aliphatic hydroxyl groups is 1.